The van der Waals surface area contributed by atoms with Crippen LogP contribution in [0.3, 0.4) is 0 Å². The SMILES string of the molecule is CCn1c(-c2cccs2)nn(C[NH+]2CCN(c3ncccn3)CC2)c1=S. The Balaban J connectivity index is 1.46. The molecule has 9 heteroatoms. The summed E-state index contributed by atoms with van der Waals surface area (Å²) in [5.74, 6) is 1.79. The van der Waals surface area contributed by atoms with Gasteiger partial charge in [0.1, 0.15) is 0 Å². The lowest BCUT2D eigenvalue weighted by molar-refractivity contribution is -0.924. The van der Waals surface area contributed by atoms with Crippen LogP contribution in [-0.2, 0) is 13.2 Å². The lowest BCUT2D eigenvalue weighted by atomic mass is 10.3. The van der Waals surface area contributed by atoms with E-state index in [0.29, 0.717) is 0 Å². The van der Waals surface area contributed by atoms with Crippen molar-refractivity contribution in [1.82, 2.24) is 24.3 Å². The van der Waals surface area contributed by atoms with Crippen molar-refractivity contribution >= 4 is 29.5 Å². The summed E-state index contributed by atoms with van der Waals surface area (Å²) in [6.45, 7) is 7.68. The summed E-state index contributed by atoms with van der Waals surface area (Å²) >= 11 is 7.38. The van der Waals surface area contributed by atoms with Crippen molar-refractivity contribution in [2.75, 3.05) is 31.1 Å². The molecule has 26 heavy (non-hydrogen) atoms. The Morgan fingerprint density at radius 2 is 1.96 bits per heavy atom. The highest BCUT2D eigenvalue weighted by atomic mass is 32.1. The van der Waals surface area contributed by atoms with Gasteiger partial charge in [-0.2, -0.15) is 4.68 Å². The van der Waals surface area contributed by atoms with Gasteiger partial charge in [0.15, 0.2) is 12.5 Å². The third-order valence-corrected chi connectivity index (χ3v) is 5.96. The highest BCUT2D eigenvalue weighted by Crippen LogP contribution is 2.23. The predicted molar refractivity (Wildman–Crippen MR) is 105 cm³/mol. The van der Waals surface area contributed by atoms with Crippen LogP contribution < -0.4 is 9.80 Å². The maximum Gasteiger partial charge on any atom is 0.225 e. The molecule has 0 atom stereocenters. The Bertz CT molecular complexity index is 893. The van der Waals surface area contributed by atoms with Crippen LogP contribution in [0.5, 0.6) is 0 Å². The van der Waals surface area contributed by atoms with Crippen LogP contribution in [-0.4, -0.2) is 50.5 Å². The fraction of sp³-hybridized carbons (Fsp3) is 0.412. The fourth-order valence-electron chi connectivity index (χ4n) is 3.26. The molecule has 1 fully saturated rings. The molecule has 136 valence electrons. The van der Waals surface area contributed by atoms with Crippen LogP contribution in [0.15, 0.2) is 36.0 Å². The maximum absolute atomic E-state index is 5.68. The normalized spacial score (nSPS) is 15.5. The van der Waals surface area contributed by atoms with E-state index in [1.54, 1.807) is 23.7 Å². The molecule has 1 aliphatic heterocycles. The van der Waals surface area contributed by atoms with E-state index in [9.17, 15) is 0 Å². The molecular formula is C17H22N7S2+. The zero-order valence-electron chi connectivity index (χ0n) is 14.7. The second-order valence-corrected chi connectivity index (χ2v) is 7.58. The largest absolute Gasteiger partial charge is 0.330 e. The first-order chi connectivity index (χ1) is 12.8. The minimum Gasteiger partial charge on any atom is -0.330 e. The molecule has 3 aromatic rings. The number of anilines is 1. The summed E-state index contributed by atoms with van der Waals surface area (Å²) < 4.78 is 4.91. The van der Waals surface area contributed by atoms with Gasteiger partial charge in [0, 0.05) is 18.9 Å². The lowest BCUT2D eigenvalue weighted by Crippen LogP contribution is -3.14. The van der Waals surface area contributed by atoms with Crippen LogP contribution in [0, 0.1) is 4.77 Å². The van der Waals surface area contributed by atoms with E-state index in [1.165, 1.54) is 4.90 Å². The molecule has 1 saturated heterocycles. The van der Waals surface area contributed by atoms with Crippen molar-refractivity contribution in [2.45, 2.75) is 20.1 Å². The molecule has 1 N–H and O–H groups in total. The van der Waals surface area contributed by atoms with Crippen LogP contribution in [0.25, 0.3) is 10.7 Å². The summed E-state index contributed by atoms with van der Waals surface area (Å²) in [5.41, 5.74) is 0. The highest BCUT2D eigenvalue weighted by molar-refractivity contribution is 7.71. The average molecular weight is 389 g/mol. The number of quaternary nitrogens is 1. The van der Waals surface area contributed by atoms with E-state index in [1.807, 2.05) is 10.7 Å². The summed E-state index contributed by atoms with van der Waals surface area (Å²) in [6.07, 6.45) is 3.59. The number of rotatable bonds is 5. The summed E-state index contributed by atoms with van der Waals surface area (Å²) in [5, 5.41) is 6.90. The van der Waals surface area contributed by atoms with E-state index >= 15 is 0 Å². The van der Waals surface area contributed by atoms with Gasteiger partial charge in [-0.3, -0.25) is 4.57 Å². The second kappa shape index (κ2) is 7.65. The van der Waals surface area contributed by atoms with Crippen molar-refractivity contribution in [3.63, 3.8) is 0 Å². The molecule has 4 heterocycles. The van der Waals surface area contributed by atoms with Gasteiger partial charge in [-0.1, -0.05) is 6.07 Å². The molecule has 0 radical (unpaired) electrons. The molecule has 0 bridgehead atoms. The molecule has 3 aromatic heterocycles. The number of piperazine rings is 1. The minimum absolute atomic E-state index is 0.799. The van der Waals surface area contributed by atoms with Gasteiger partial charge >= 0.3 is 0 Å². The third kappa shape index (κ3) is 3.42. The number of nitrogens with one attached hydrogen (secondary N) is 1. The standard InChI is InChI=1S/C17H21N7S2/c1-2-23-15(14-5-3-12-26-14)20-24(17(23)25)13-21-8-10-22(11-9-21)16-18-6-4-7-19-16/h3-7,12H,2,8-11,13H2,1H3/p+1. The van der Waals surface area contributed by atoms with Crippen LogP contribution >= 0.6 is 23.6 Å². The molecule has 0 aliphatic carbocycles. The number of hydrogen-bond donors (Lipinski definition) is 1. The Labute approximate surface area is 161 Å². The Kier molecular flexibility index (Phi) is 5.09. The van der Waals surface area contributed by atoms with Gasteiger partial charge < -0.3 is 9.80 Å². The quantitative estimate of drug-likeness (QED) is 0.668. The van der Waals surface area contributed by atoms with Gasteiger partial charge in [0.05, 0.1) is 31.1 Å². The van der Waals surface area contributed by atoms with Crippen molar-refractivity contribution in [1.29, 1.82) is 0 Å². The molecule has 0 aromatic carbocycles. The van der Waals surface area contributed by atoms with Crippen LogP contribution in [0.1, 0.15) is 6.92 Å². The number of aromatic nitrogens is 5. The molecule has 7 nitrogen and oxygen atoms in total. The molecule has 1 aliphatic rings. The van der Waals surface area contributed by atoms with E-state index in [-0.39, 0.29) is 0 Å². The van der Waals surface area contributed by atoms with Gasteiger partial charge in [-0.05, 0) is 36.7 Å². The maximum atomic E-state index is 5.68. The van der Waals surface area contributed by atoms with E-state index in [0.717, 1.165) is 60.8 Å². The van der Waals surface area contributed by atoms with Gasteiger partial charge in [0.25, 0.3) is 0 Å². The van der Waals surface area contributed by atoms with Gasteiger partial charge in [-0.15, -0.1) is 16.4 Å². The zero-order valence-corrected chi connectivity index (χ0v) is 16.3. The van der Waals surface area contributed by atoms with Crippen molar-refractivity contribution < 1.29 is 4.90 Å². The van der Waals surface area contributed by atoms with Crippen molar-refractivity contribution in [3.05, 3.63) is 40.7 Å². The lowest BCUT2D eigenvalue weighted by Gasteiger charge is -2.31. The molecule has 0 spiro atoms. The number of thiophene rings is 1. The Hall–Kier alpha value is -2.10. The zero-order chi connectivity index (χ0) is 17.9. The summed E-state index contributed by atoms with van der Waals surface area (Å²) in [4.78, 5) is 13.6. The Morgan fingerprint density at radius 3 is 2.62 bits per heavy atom. The smallest absolute Gasteiger partial charge is 0.225 e. The minimum atomic E-state index is 0.799. The number of nitrogens with zero attached hydrogens (tertiary/aromatic N) is 6. The van der Waals surface area contributed by atoms with Crippen molar-refractivity contribution in [3.8, 4) is 10.7 Å². The Morgan fingerprint density at radius 1 is 1.19 bits per heavy atom. The predicted octanol–water partition coefficient (Wildman–Crippen LogP) is 1.32. The molecule has 4 rings (SSSR count). The van der Waals surface area contributed by atoms with Crippen LogP contribution in [0.4, 0.5) is 5.95 Å². The summed E-state index contributed by atoms with van der Waals surface area (Å²) in [7, 11) is 0. The van der Waals surface area contributed by atoms with E-state index < -0.39 is 0 Å². The first-order valence-corrected chi connectivity index (χ1v) is 10.1. The van der Waals surface area contributed by atoms with Crippen molar-refractivity contribution in [2.24, 2.45) is 0 Å². The van der Waals surface area contributed by atoms with Crippen LogP contribution in [0.2, 0.25) is 0 Å². The average Bonchev–Trinajstić information content (AvgIpc) is 3.32. The molecular weight excluding hydrogens is 366 g/mol. The second-order valence-electron chi connectivity index (χ2n) is 6.27. The first kappa shape index (κ1) is 17.3. The molecule has 0 amide bonds. The number of hydrogen-bond acceptors (Lipinski definition) is 6. The molecule has 0 saturated carbocycles. The summed E-state index contributed by atoms with van der Waals surface area (Å²) in [6, 6.07) is 6.00. The van der Waals surface area contributed by atoms with Gasteiger partial charge in [0.2, 0.25) is 10.7 Å². The fourth-order valence-corrected chi connectivity index (χ4v) is 4.30. The monoisotopic (exact) mass is 388 g/mol. The third-order valence-electron chi connectivity index (χ3n) is 4.66. The van der Waals surface area contributed by atoms with Gasteiger partial charge in [-0.25, -0.2) is 9.97 Å². The first-order valence-electron chi connectivity index (χ1n) is 8.83. The van der Waals surface area contributed by atoms with E-state index in [4.69, 9.17) is 17.3 Å². The van der Waals surface area contributed by atoms with E-state index in [2.05, 4.69) is 43.9 Å². The highest BCUT2D eigenvalue weighted by Gasteiger charge is 2.23. The molecule has 0 unspecified atom stereocenters. The topological polar surface area (TPSA) is 56.2 Å².